The molecule has 46 heavy (non-hydrogen) atoms. The third-order valence-corrected chi connectivity index (χ3v) is 9.76. The van der Waals surface area contributed by atoms with Gasteiger partial charge in [0, 0.05) is 32.5 Å². The summed E-state index contributed by atoms with van der Waals surface area (Å²) in [5.41, 5.74) is 15.3. The van der Waals surface area contributed by atoms with Crippen LogP contribution in [-0.4, -0.2) is 4.57 Å². The maximum Gasteiger partial charge on any atom is 0.137 e. The topological polar surface area (TPSA) is 44.1 Å². The molecule has 0 spiro atoms. The fraction of sp³-hybridized carbons (Fsp3) is 0.0476. The van der Waals surface area contributed by atoms with Gasteiger partial charge in [-0.3, -0.25) is 0 Å². The summed E-state index contributed by atoms with van der Waals surface area (Å²) in [7, 11) is 0. The molecule has 2 aromatic heterocycles. The summed E-state index contributed by atoms with van der Waals surface area (Å²) < 4.78 is 8.37. The molecule has 7 aromatic carbocycles. The van der Waals surface area contributed by atoms with Gasteiger partial charge in [-0.05, 0) is 71.8 Å². The maximum atomic E-state index is 6.64. The van der Waals surface area contributed by atoms with Crippen molar-refractivity contribution in [3.8, 4) is 5.69 Å². The second-order valence-corrected chi connectivity index (χ2v) is 12.6. The van der Waals surface area contributed by atoms with E-state index in [0.29, 0.717) is 0 Å². The lowest BCUT2D eigenvalue weighted by Crippen LogP contribution is -1.94. The largest absolute Gasteiger partial charge is 0.456 e. The number of benzene rings is 7. The Hall–Kier alpha value is -5.45. The van der Waals surface area contributed by atoms with Crippen molar-refractivity contribution in [3.63, 3.8) is 0 Å². The Bertz CT molecular complexity index is 2490. The molecule has 0 fully saturated rings. The van der Waals surface area contributed by atoms with Crippen LogP contribution in [0.25, 0.3) is 60.2 Å². The van der Waals surface area contributed by atoms with Crippen molar-refractivity contribution in [2.24, 2.45) is 0 Å². The number of hydrogen-bond acceptors (Lipinski definition) is 3. The van der Waals surface area contributed by atoms with Gasteiger partial charge in [0.25, 0.3) is 0 Å². The lowest BCUT2D eigenvalue weighted by molar-refractivity contribution is 0.669. The van der Waals surface area contributed by atoms with Gasteiger partial charge in [0.2, 0.25) is 0 Å². The number of aryl methyl sites for hydroxylation is 1. The highest BCUT2D eigenvalue weighted by atomic mass is 32.2. The summed E-state index contributed by atoms with van der Waals surface area (Å²) in [6.45, 7) is 2.08. The number of furan rings is 1. The van der Waals surface area contributed by atoms with Crippen LogP contribution in [-0.2, 0) is 5.75 Å². The van der Waals surface area contributed by atoms with Crippen LogP contribution in [0.4, 0.5) is 5.69 Å². The first kappa shape index (κ1) is 28.1. The summed E-state index contributed by atoms with van der Waals surface area (Å²) >= 11 is 1.76. The number of aromatic nitrogens is 1. The van der Waals surface area contributed by atoms with E-state index in [2.05, 4.69) is 121 Å². The number of fused-ring (bicyclic) bond motifs is 7. The van der Waals surface area contributed by atoms with Crippen LogP contribution >= 0.6 is 11.8 Å². The van der Waals surface area contributed by atoms with E-state index >= 15 is 0 Å². The second kappa shape index (κ2) is 11.8. The average molecular weight is 613 g/mol. The van der Waals surface area contributed by atoms with Crippen LogP contribution in [0.15, 0.2) is 161 Å². The molecule has 0 saturated heterocycles. The summed E-state index contributed by atoms with van der Waals surface area (Å²) in [4.78, 5) is 1.08. The van der Waals surface area contributed by atoms with E-state index in [1.807, 2.05) is 42.5 Å². The molecule has 222 valence electrons. The predicted octanol–water partition coefficient (Wildman–Crippen LogP) is 11.7. The zero-order valence-electron chi connectivity index (χ0n) is 25.5. The molecule has 2 N–H and O–H groups in total. The Kier molecular flexibility index (Phi) is 7.20. The van der Waals surface area contributed by atoms with Crippen molar-refractivity contribution in [1.29, 1.82) is 0 Å². The average Bonchev–Trinajstić information content (AvgIpc) is 3.64. The third kappa shape index (κ3) is 5.07. The molecule has 0 bridgehead atoms. The molecule has 0 amide bonds. The van der Waals surface area contributed by atoms with Crippen LogP contribution in [0.1, 0.15) is 11.1 Å². The maximum absolute atomic E-state index is 6.64. The number of nitrogens with two attached hydrogens (primary N) is 1. The van der Waals surface area contributed by atoms with Gasteiger partial charge < -0.3 is 14.7 Å². The minimum absolute atomic E-state index is 0.788. The monoisotopic (exact) mass is 612 g/mol. The van der Waals surface area contributed by atoms with Gasteiger partial charge in [0.05, 0.1) is 22.1 Å². The number of anilines is 1. The summed E-state index contributed by atoms with van der Waals surface area (Å²) in [6, 6.07) is 53.2. The molecule has 0 unspecified atom stereocenters. The van der Waals surface area contributed by atoms with E-state index < -0.39 is 0 Å². The molecule has 0 saturated carbocycles. The number of nitrogen functional groups attached to an aromatic ring is 1. The molecule has 0 radical (unpaired) electrons. The highest BCUT2D eigenvalue weighted by Crippen LogP contribution is 2.39. The minimum atomic E-state index is 0.788. The van der Waals surface area contributed by atoms with E-state index in [4.69, 9.17) is 10.2 Å². The van der Waals surface area contributed by atoms with Crippen molar-refractivity contribution in [2.45, 2.75) is 17.6 Å². The number of rotatable bonds is 4. The molecule has 0 aliphatic rings. The first-order chi connectivity index (χ1) is 22.6. The smallest absolute Gasteiger partial charge is 0.137 e. The molecule has 9 aromatic rings. The van der Waals surface area contributed by atoms with Gasteiger partial charge in [0.1, 0.15) is 11.2 Å². The number of para-hydroxylation sites is 2. The normalized spacial score (nSPS) is 11.4. The van der Waals surface area contributed by atoms with Gasteiger partial charge in [-0.2, -0.15) is 0 Å². The van der Waals surface area contributed by atoms with Crippen LogP contribution < -0.4 is 5.73 Å². The van der Waals surface area contributed by atoms with E-state index in [9.17, 15) is 0 Å². The van der Waals surface area contributed by atoms with E-state index in [1.165, 1.54) is 43.7 Å². The predicted molar refractivity (Wildman–Crippen MR) is 197 cm³/mol. The number of hydrogen-bond donors (Lipinski definition) is 1. The minimum Gasteiger partial charge on any atom is -0.456 e. The lowest BCUT2D eigenvalue weighted by Gasteiger charge is -2.10. The first-order valence-electron chi connectivity index (χ1n) is 15.5. The quantitative estimate of drug-likeness (QED) is 0.159. The third-order valence-electron chi connectivity index (χ3n) is 8.61. The van der Waals surface area contributed by atoms with Gasteiger partial charge in [-0.1, -0.05) is 109 Å². The van der Waals surface area contributed by atoms with Crippen LogP contribution in [0.2, 0.25) is 0 Å². The standard InChI is InChI=1S/C35H24N2OS.C7H8/c36-35-33(18-17-32-34(35)27-10-4-6-12-31(27)38-32)39-21-22-13-15-25(16-14-22)37-29-11-5-3-9-26(29)28-19-23-7-1-2-8-24(23)20-30(28)37;1-7-5-3-2-4-6-7/h1-20H,21,36H2;2-6H,1H3. The lowest BCUT2D eigenvalue weighted by atomic mass is 10.1. The summed E-state index contributed by atoms with van der Waals surface area (Å²) in [5, 5.41) is 7.14. The second-order valence-electron chi connectivity index (χ2n) is 11.6. The molecule has 0 aliphatic heterocycles. The Morgan fingerprint density at radius 2 is 1.26 bits per heavy atom. The van der Waals surface area contributed by atoms with Crippen LogP contribution in [0, 0.1) is 6.92 Å². The van der Waals surface area contributed by atoms with Crippen molar-refractivity contribution in [2.75, 3.05) is 5.73 Å². The molecule has 9 rings (SSSR count). The molecule has 2 heterocycles. The summed E-state index contributed by atoms with van der Waals surface area (Å²) in [6.07, 6.45) is 0. The molecule has 4 heteroatoms. The highest BCUT2D eigenvalue weighted by molar-refractivity contribution is 7.98. The Morgan fingerprint density at radius 3 is 2.02 bits per heavy atom. The summed E-state index contributed by atoms with van der Waals surface area (Å²) in [5.74, 6) is 0.837. The fourth-order valence-electron chi connectivity index (χ4n) is 6.32. The zero-order valence-corrected chi connectivity index (χ0v) is 26.3. The van der Waals surface area contributed by atoms with Gasteiger partial charge in [-0.25, -0.2) is 0 Å². The molecule has 3 nitrogen and oxygen atoms in total. The van der Waals surface area contributed by atoms with Crippen LogP contribution in [0.3, 0.4) is 0 Å². The SMILES string of the molecule is Cc1ccccc1.Nc1c(SCc2ccc(-n3c4ccccc4c4cc5ccccc5cc43)cc2)ccc2oc3ccccc3c12. The van der Waals surface area contributed by atoms with Gasteiger partial charge >= 0.3 is 0 Å². The zero-order chi connectivity index (χ0) is 31.0. The Morgan fingerprint density at radius 1 is 0.587 bits per heavy atom. The molecular formula is C42H32N2OS. The number of thioether (sulfide) groups is 1. The first-order valence-corrected chi connectivity index (χ1v) is 16.5. The van der Waals surface area contributed by atoms with E-state index in [0.717, 1.165) is 44.0 Å². The van der Waals surface area contributed by atoms with Gasteiger partial charge in [-0.15, -0.1) is 11.8 Å². The Labute approximate surface area is 271 Å². The van der Waals surface area contributed by atoms with Crippen molar-refractivity contribution >= 4 is 72.0 Å². The van der Waals surface area contributed by atoms with Gasteiger partial charge in [0.15, 0.2) is 0 Å². The molecule has 0 atom stereocenters. The van der Waals surface area contributed by atoms with Crippen molar-refractivity contribution < 1.29 is 4.42 Å². The highest BCUT2D eigenvalue weighted by Gasteiger charge is 2.15. The molecule has 0 aliphatic carbocycles. The van der Waals surface area contributed by atoms with Crippen LogP contribution in [0.5, 0.6) is 0 Å². The fourth-order valence-corrected chi connectivity index (χ4v) is 7.26. The van der Waals surface area contributed by atoms with E-state index in [1.54, 1.807) is 11.8 Å². The van der Waals surface area contributed by atoms with E-state index in [-0.39, 0.29) is 0 Å². The Balaban J connectivity index is 0.000000398. The number of nitrogens with zero attached hydrogens (tertiary/aromatic N) is 1. The van der Waals surface area contributed by atoms with Crippen molar-refractivity contribution in [3.05, 3.63) is 163 Å². The molecular weight excluding hydrogens is 581 g/mol. The van der Waals surface area contributed by atoms with Crippen molar-refractivity contribution in [1.82, 2.24) is 4.57 Å².